The maximum Gasteiger partial charge on any atom is 0.0860 e. The molecule has 108 valence electrons. The first-order valence-corrected chi connectivity index (χ1v) is 8.07. The van der Waals surface area contributed by atoms with Crippen molar-refractivity contribution in [2.75, 3.05) is 0 Å². The third kappa shape index (κ3) is 2.97. The normalized spacial score (nSPS) is 34.8. The summed E-state index contributed by atoms with van der Waals surface area (Å²) in [6.45, 7) is 4.59. The Kier molecular flexibility index (Phi) is 4.26. The zero-order chi connectivity index (χ0) is 14.0. The van der Waals surface area contributed by atoms with Crippen LogP contribution in [-0.4, -0.2) is 10.7 Å². The van der Waals surface area contributed by atoms with Gasteiger partial charge in [-0.2, -0.15) is 5.26 Å². The summed E-state index contributed by atoms with van der Waals surface area (Å²) >= 11 is 0. The summed E-state index contributed by atoms with van der Waals surface area (Å²) in [5.41, 5.74) is -0.879. The summed E-state index contributed by atoms with van der Waals surface area (Å²) in [6.07, 6.45) is 11.4. The van der Waals surface area contributed by atoms with E-state index in [0.29, 0.717) is 5.41 Å². The van der Waals surface area contributed by atoms with E-state index in [1.807, 2.05) is 0 Å². The summed E-state index contributed by atoms with van der Waals surface area (Å²) in [5.74, 6) is 0. The van der Waals surface area contributed by atoms with Crippen LogP contribution in [0.25, 0.3) is 0 Å². The average molecular weight is 263 g/mol. The summed E-state index contributed by atoms with van der Waals surface area (Å²) in [5, 5.41) is 21.1. The van der Waals surface area contributed by atoms with E-state index in [-0.39, 0.29) is 0 Å². The molecule has 0 saturated heterocycles. The van der Waals surface area contributed by atoms with Gasteiger partial charge in [-0.3, -0.25) is 0 Å². The van der Waals surface area contributed by atoms with Gasteiger partial charge in [0.05, 0.1) is 17.1 Å². The van der Waals surface area contributed by atoms with Crippen LogP contribution in [-0.2, 0) is 0 Å². The number of rotatable bonds is 1. The standard InChI is InChI=1S/C17H29NO/c1-15(2)8-7-11-17(19,13-12-15)16(14-18)9-5-3-4-6-10-16/h19H,3-13H2,1-2H3. The molecule has 0 heterocycles. The van der Waals surface area contributed by atoms with Gasteiger partial charge in [-0.15, -0.1) is 0 Å². The van der Waals surface area contributed by atoms with Gasteiger partial charge in [0, 0.05) is 0 Å². The summed E-state index contributed by atoms with van der Waals surface area (Å²) in [7, 11) is 0. The van der Waals surface area contributed by atoms with E-state index in [2.05, 4.69) is 19.9 Å². The SMILES string of the molecule is CC1(C)CCCC(O)(C2(C#N)CCCCCC2)CC1. The number of nitrogens with zero attached hydrogens (tertiary/aromatic N) is 1. The molecule has 1 atom stereocenters. The average Bonchev–Trinajstić information content (AvgIpc) is 2.69. The highest BCUT2D eigenvalue weighted by atomic mass is 16.3. The maximum atomic E-state index is 11.3. The summed E-state index contributed by atoms with van der Waals surface area (Å²) in [4.78, 5) is 0. The minimum absolute atomic E-state index is 0.325. The van der Waals surface area contributed by atoms with Crippen LogP contribution in [0, 0.1) is 22.2 Å². The Bertz CT molecular complexity index is 347. The lowest BCUT2D eigenvalue weighted by atomic mass is 9.64. The monoisotopic (exact) mass is 263 g/mol. The molecular formula is C17H29NO. The molecule has 1 N–H and O–H groups in total. The van der Waals surface area contributed by atoms with E-state index in [1.165, 1.54) is 19.3 Å². The number of nitriles is 1. The lowest BCUT2D eigenvalue weighted by molar-refractivity contribution is -0.0761. The predicted octanol–water partition coefficient (Wildman–Crippen LogP) is 4.57. The maximum absolute atomic E-state index is 11.3. The number of hydrogen-bond acceptors (Lipinski definition) is 2. The van der Waals surface area contributed by atoms with Crippen LogP contribution in [0.2, 0.25) is 0 Å². The van der Waals surface area contributed by atoms with E-state index >= 15 is 0 Å². The fraction of sp³-hybridized carbons (Fsp3) is 0.941. The van der Waals surface area contributed by atoms with Gasteiger partial charge in [0.25, 0.3) is 0 Å². The first kappa shape index (κ1) is 14.9. The molecule has 2 saturated carbocycles. The largest absolute Gasteiger partial charge is 0.388 e. The van der Waals surface area contributed by atoms with Crippen LogP contribution < -0.4 is 0 Å². The minimum atomic E-state index is -0.736. The van der Waals surface area contributed by atoms with Crippen molar-refractivity contribution in [3.63, 3.8) is 0 Å². The molecule has 0 bridgehead atoms. The highest BCUT2D eigenvalue weighted by Crippen LogP contribution is 2.51. The molecule has 0 amide bonds. The van der Waals surface area contributed by atoms with Gasteiger partial charge in [0.15, 0.2) is 0 Å². The van der Waals surface area contributed by atoms with E-state index in [4.69, 9.17) is 0 Å². The molecule has 0 aliphatic heterocycles. The van der Waals surface area contributed by atoms with Gasteiger partial charge in [-0.05, 0) is 43.9 Å². The Morgan fingerprint density at radius 1 is 0.789 bits per heavy atom. The highest BCUT2D eigenvalue weighted by molar-refractivity contribution is 5.12. The zero-order valence-electron chi connectivity index (χ0n) is 12.7. The molecule has 19 heavy (non-hydrogen) atoms. The third-order valence-corrected chi connectivity index (χ3v) is 5.72. The van der Waals surface area contributed by atoms with Crippen LogP contribution in [0.15, 0.2) is 0 Å². The van der Waals surface area contributed by atoms with Crippen LogP contribution in [0.3, 0.4) is 0 Å². The third-order valence-electron chi connectivity index (χ3n) is 5.72. The quantitative estimate of drug-likeness (QED) is 0.704. The first-order valence-electron chi connectivity index (χ1n) is 8.07. The smallest absolute Gasteiger partial charge is 0.0860 e. The number of hydrogen-bond donors (Lipinski definition) is 1. The Balaban J connectivity index is 2.22. The van der Waals surface area contributed by atoms with Crippen LogP contribution >= 0.6 is 0 Å². The predicted molar refractivity (Wildman–Crippen MR) is 77.6 cm³/mol. The minimum Gasteiger partial charge on any atom is -0.388 e. The van der Waals surface area contributed by atoms with Gasteiger partial charge in [-0.1, -0.05) is 46.0 Å². The van der Waals surface area contributed by atoms with Crippen molar-refractivity contribution in [2.45, 2.75) is 90.1 Å². The fourth-order valence-corrected chi connectivity index (χ4v) is 4.15. The zero-order valence-corrected chi connectivity index (χ0v) is 12.7. The lowest BCUT2D eigenvalue weighted by Crippen LogP contribution is -2.47. The Morgan fingerprint density at radius 3 is 2.00 bits per heavy atom. The molecular weight excluding hydrogens is 234 g/mol. The van der Waals surface area contributed by atoms with Crippen molar-refractivity contribution in [3.8, 4) is 6.07 Å². The Labute approximate surface area is 118 Å². The van der Waals surface area contributed by atoms with Gasteiger partial charge in [0.2, 0.25) is 0 Å². The van der Waals surface area contributed by atoms with Crippen molar-refractivity contribution in [2.24, 2.45) is 10.8 Å². The molecule has 2 rings (SSSR count). The molecule has 2 nitrogen and oxygen atoms in total. The topological polar surface area (TPSA) is 44.0 Å². The van der Waals surface area contributed by atoms with Crippen LogP contribution in [0.1, 0.15) is 84.5 Å². The second kappa shape index (κ2) is 5.44. The van der Waals surface area contributed by atoms with E-state index in [0.717, 1.165) is 51.4 Å². The van der Waals surface area contributed by atoms with Gasteiger partial charge < -0.3 is 5.11 Å². The molecule has 0 radical (unpaired) electrons. The van der Waals surface area contributed by atoms with Crippen molar-refractivity contribution in [1.29, 1.82) is 5.26 Å². The molecule has 0 aromatic rings. The molecule has 2 aliphatic rings. The fourth-order valence-electron chi connectivity index (χ4n) is 4.15. The van der Waals surface area contributed by atoms with Crippen LogP contribution in [0.4, 0.5) is 0 Å². The molecule has 2 aliphatic carbocycles. The lowest BCUT2D eigenvalue weighted by Gasteiger charge is -2.42. The molecule has 0 aromatic carbocycles. The van der Waals surface area contributed by atoms with Crippen molar-refractivity contribution in [1.82, 2.24) is 0 Å². The van der Waals surface area contributed by atoms with E-state index in [1.54, 1.807) is 0 Å². The molecule has 2 fully saturated rings. The Hall–Kier alpha value is -0.550. The van der Waals surface area contributed by atoms with Crippen molar-refractivity contribution in [3.05, 3.63) is 0 Å². The molecule has 2 heteroatoms. The first-order chi connectivity index (χ1) is 8.93. The van der Waals surface area contributed by atoms with E-state index < -0.39 is 11.0 Å². The molecule has 1 unspecified atom stereocenters. The van der Waals surface area contributed by atoms with Gasteiger partial charge in [0.1, 0.15) is 0 Å². The van der Waals surface area contributed by atoms with Gasteiger partial charge in [-0.25, -0.2) is 0 Å². The summed E-state index contributed by atoms with van der Waals surface area (Å²) in [6, 6.07) is 2.57. The van der Waals surface area contributed by atoms with Crippen LogP contribution in [0.5, 0.6) is 0 Å². The van der Waals surface area contributed by atoms with Gasteiger partial charge >= 0.3 is 0 Å². The van der Waals surface area contributed by atoms with E-state index in [9.17, 15) is 10.4 Å². The highest BCUT2D eigenvalue weighted by Gasteiger charge is 2.51. The van der Waals surface area contributed by atoms with Crippen molar-refractivity contribution < 1.29 is 5.11 Å². The van der Waals surface area contributed by atoms with Crippen molar-refractivity contribution >= 4 is 0 Å². The Morgan fingerprint density at radius 2 is 1.42 bits per heavy atom. The summed E-state index contributed by atoms with van der Waals surface area (Å²) < 4.78 is 0. The molecule has 0 aromatic heterocycles. The second-order valence-corrected chi connectivity index (χ2v) is 7.66. The molecule has 0 spiro atoms. The second-order valence-electron chi connectivity index (χ2n) is 7.66. The number of aliphatic hydroxyl groups is 1.